The summed E-state index contributed by atoms with van der Waals surface area (Å²) >= 11 is 0. The van der Waals surface area contributed by atoms with Crippen LogP contribution in [0.3, 0.4) is 0 Å². The minimum absolute atomic E-state index is 0.233. The third-order valence-electron chi connectivity index (χ3n) is 3.32. The second kappa shape index (κ2) is 7.54. The van der Waals surface area contributed by atoms with Gasteiger partial charge in [-0.3, -0.25) is 4.68 Å². The van der Waals surface area contributed by atoms with Gasteiger partial charge in [-0.15, -0.1) is 0 Å². The molecule has 0 aliphatic heterocycles. The van der Waals surface area contributed by atoms with Crippen LogP contribution in [0.2, 0.25) is 0 Å². The third-order valence-corrected chi connectivity index (χ3v) is 3.32. The molecule has 0 aliphatic carbocycles. The number of ether oxygens (including phenoxy) is 1. The van der Waals surface area contributed by atoms with Crippen LogP contribution >= 0.6 is 0 Å². The highest BCUT2D eigenvalue weighted by atomic mass is 16.5. The van der Waals surface area contributed by atoms with Crippen molar-refractivity contribution in [2.75, 3.05) is 13.2 Å². The van der Waals surface area contributed by atoms with Crippen LogP contribution < -0.4 is 5.73 Å². The number of nitrogens with two attached hydrogens (primary N) is 1. The van der Waals surface area contributed by atoms with Crippen LogP contribution in [-0.2, 0) is 17.7 Å². The Kier molecular flexibility index (Phi) is 6.36. The second-order valence-corrected chi connectivity index (χ2v) is 4.86. The molecule has 0 aromatic carbocycles. The minimum Gasteiger partial charge on any atom is -0.380 e. The van der Waals surface area contributed by atoms with E-state index in [1.54, 1.807) is 0 Å². The predicted octanol–water partition coefficient (Wildman–Crippen LogP) is 2.21. The van der Waals surface area contributed by atoms with Crippen molar-refractivity contribution in [1.82, 2.24) is 9.78 Å². The lowest BCUT2D eigenvalue weighted by atomic mass is 10.0. The zero-order valence-electron chi connectivity index (χ0n) is 12.2. The van der Waals surface area contributed by atoms with Gasteiger partial charge in [-0.2, -0.15) is 5.10 Å². The van der Waals surface area contributed by atoms with E-state index in [0.29, 0.717) is 0 Å². The van der Waals surface area contributed by atoms with Gasteiger partial charge in [-0.25, -0.2) is 0 Å². The molecule has 0 radical (unpaired) electrons. The highest BCUT2D eigenvalue weighted by Crippen LogP contribution is 2.15. The molecule has 2 N–H and O–H groups in total. The first-order valence-electron chi connectivity index (χ1n) is 6.96. The van der Waals surface area contributed by atoms with Gasteiger partial charge in [-0.05, 0) is 38.7 Å². The Balaban J connectivity index is 2.62. The summed E-state index contributed by atoms with van der Waals surface area (Å²) in [6.07, 6.45) is 2.99. The summed E-state index contributed by atoms with van der Waals surface area (Å²) in [7, 11) is 0. The lowest BCUT2D eigenvalue weighted by Crippen LogP contribution is -2.22. The predicted molar refractivity (Wildman–Crippen MR) is 74.8 cm³/mol. The number of hydrogen-bond donors (Lipinski definition) is 1. The van der Waals surface area contributed by atoms with Gasteiger partial charge >= 0.3 is 0 Å². The molecular weight excluding hydrogens is 226 g/mol. The van der Waals surface area contributed by atoms with E-state index < -0.39 is 0 Å². The molecule has 0 saturated carbocycles. The molecule has 1 unspecified atom stereocenters. The molecular formula is C14H27N3O. The van der Waals surface area contributed by atoms with Crippen LogP contribution in [0.15, 0.2) is 0 Å². The summed E-state index contributed by atoms with van der Waals surface area (Å²) in [6.45, 7) is 10.8. The van der Waals surface area contributed by atoms with Gasteiger partial charge in [0.05, 0.1) is 18.8 Å². The molecule has 1 aromatic rings. The van der Waals surface area contributed by atoms with Crippen LogP contribution in [-0.4, -0.2) is 29.0 Å². The van der Waals surface area contributed by atoms with Gasteiger partial charge in [0.2, 0.25) is 0 Å². The quantitative estimate of drug-likeness (QED) is 0.723. The van der Waals surface area contributed by atoms with Gasteiger partial charge in [-0.1, -0.05) is 13.8 Å². The van der Waals surface area contributed by atoms with E-state index in [1.807, 2.05) is 4.68 Å². The topological polar surface area (TPSA) is 53.1 Å². The molecule has 0 bridgehead atoms. The molecule has 1 atom stereocenters. The molecule has 1 rings (SSSR count). The Bertz CT molecular complexity index is 360. The van der Waals surface area contributed by atoms with Gasteiger partial charge in [0.1, 0.15) is 0 Å². The molecule has 1 heterocycles. The highest BCUT2D eigenvalue weighted by molar-refractivity contribution is 5.25. The molecule has 104 valence electrons. The number of aryl methyl sites for hydroxylation is 1. The fourth-order valence-electron chi connectivity index (χ4n) is 2.05. The minimum atomic E-state index is 0.233. The van der Waals surface area contributed by atoms with Crippen molar-refractivity contribution < 1.29 is 4.74 Å². The van der Waals surface area contributed by atoms with Crippen molar-refractivity contribution in [1.29, 1.82) is 0 Å². The van der Waals surface area contributed by atoms with Gasteiger partial charge < -0.3 is 10.5 Å². The van der Waals surface area contributed by atoms with Crippen LogP contribution in [0.5, 0.6) is 0 Å². The molecule has 0 amide bonds. The second-order valence-electron chi connectivity index (χ2n) is 4.86. The van der Waals surface area contributed by atoms with E-state index in [4.69, 9.17) is 10.5 Å². The molecule has 18 heavy (non-hydrogen) atoms. The summed E-state index contributed by atoms with van der Waals surface area (Å²) in [5.74, 6) is 0. The maximum Gasteiger partial charge on any atom is 0.0662 e. The number of hydrogen-bond acceptors (Lipinski definition) is 3. The lowest BCUT2D eigenvalue weighted by Gasteiger charge is -2.09. The lowest BCUT2D eigenvalue weighted by molar-refractivity contribution is 0.124. The van der Waals surface area contributed by atoms with Crippen molar-refractivity contribution in [3.63, 3.8) is 0 Å². The Morgan fingerprint density at radius 1 is 1.28 bits per heavy atom. The number of rotatable bonds is 8. The van der Waals surface area contributed by atoms with Gasteiger partial charge in [0, 0.05) is 18.3 Å². The van der Waals surface area contributed by atoms with E-state index >= 15 is 0 Å². The molecule has 0 spiro atoms. The normalized spacial score (nSPS) is 12.9. The monoisotopic (exact) mass is 253 g/mol. The van der Waals surface area contributed by atoms with Crippen molar-refractivity contribution in [2.45, 2.75) is 59.5 Å². The maximum atomic E-state index is 6.03. The van der Waals surface area contributed by atoms with Crippen LogP contribution in [0.1, 0.15) is 43.6 Å². The van der Waals surface area contributed by atoms with Gasteiger partial charge in [0.25, 0.3) is 0 Å². The van der Waals surface area contributed by atoms with E-state index in [-0.39, 0.29) is 6.04 Å². The number of nitrogens with zero attached hydrogens (tertiary/aromatic N) is 2. The Hall–Kier alpha value is -0.870. The van der Waals surface area contributed by atoms with Crippen LogP contribution in [0, 0.1) is 13.8 Å². The summed E-state index contributed by atoms with van der Waals surface area (Å²) in [5, 5.41) is 4.58. The first kappa shape index (κ1) is 15.2. The third kappa shape index (κ3) is 4.10. The van der Waals surface area contributed by atoms with E-state index in [0.717, 1.165) is 44.7 Å². The Morgan fingerprint density at radius 2 is 2.00 bits per heavy atom. The fraction of sp³-hybridized carbons (Fsp3) is 0.786. The average Bonchev–Trinajstić information content (AvgIpc) is 2.62. The fourth-order valence-corrected chi connectivity index (χ4v) is 2.05. The standard InChI is InChI=1S/C14H27N3O/c1-5-8-18-9-7-17-12(4)14(11(3)16-17)10-13(15)6-2/h13H,5-10,15H2,1-4H3. The molecule has 0 aliphatic rings. The summed E-state index contributed by atoms with van der Waals surface area (Å²) in [4.78, 5) is 0. The largest absolute Gasteiger partial charge is 0.380 e. The molecule has 1 aromatic heterocycles. The number of aromatic nitrogens is 2. The zero-order valence-corrected chi connectivity index (χ0v) is 12.2. The van der Waals surface area contributed by atoms with E-state index in [2.05, 4.69) is 32.8 Å². The highest BCUT2D eigenvalue weighted by Gasteiger charge is 2.13. The van der Waals surface area contributed by atoms with Gasteiger partial charge in [0.15, 0.2) is 0 Å². The Labute approximate surface area is 111 Å². The first-order valence-corrected chi connectivity index (χ1v) is 6.96. The first-order chi connectivity index (χ1) is 8.60. The van der Waals surface area contributed by atoms with Crippen molar-refractivity contribution in [2.24, 2.45) is 5.73 Å². The SMILES string of the molecule is CCCOCCn1nc(C)c(CC(N)CC)c1C. The molecule has 0 saturated heterocycles. The van der Waals surface area contributed by atoms with E-state index in [9.17, 15) is 0 Å². The van der Waals surface area contributed by atoms with Crippen LogP contribution in [0.25, 0.3) is 0 Å². The molecule has 4 nitrogen and oxygen atoms in total. The van der Waals surface area contributed by atoms with Crippen molar-refractivity contribution in [3.05, 3.63) is 17.0 Å². The summed E-state index contributed by atoms with van der Waals surface area (Å²) in [5.41, 5.74) is 9.67. The Morgan fingerprint density at radius 3 is 2.61 bits per heavy atom. The van der Waals surface area contributed by atoms with Crippen molar-refractivity contribution >= 4 is 0 Å². The maximum absolute atomic E-state index is 6.03. The molecule has 4 heteroatoms. The van der Waals surface area contributed by atoms with Crippen molar-refractivity contribution in [3.8, 4) is 0 Å². The summed E-state index contributed by atoms with van der Waals surface area (Å²) < 4.78 is 7.55. The zero-order chi connectivity index (χ0) is 13.5. The molecule has 0 fully saturated rings. The average molecular weight is 253 g/mol. The van der Waals surface area contributed by atoms with E-state index in [1.165, 1.54) is 11.3 Å². The smallest absolute Gasteiger partial charge is 0.0662 e. The van der Waals surface area contributed by atoms with Crippen LogP contribution in [0.4, 0.5) is 0 Å². The summed E-state index contributed by atoms with van der Waals surface area (Å²) in [6, 6.07) is 0.233.